The highest BCUT2D eigenvalue weighted by molar-refractivity contribution is 5.00. The van der Waals surface area contributed by atoms with Gasteiger partial charge in [0.1, 0.15) is 5.82 Å². The Morgan fingerprint density at radius 2 is 2.17 bits per heavy atom. The molecule has 0 spiro atoms. The van der Waals surface area contributed by atoms with Crippen LogP contribution in [0.25, 0.3) is 0 Å². The fourth-order valence-corrected chi connectivity index (χ4v) is 2.61. The Labute approximate surface area is 109 Å². The van der Waals surface area contributed by atoms with Crippen molar-refractivity contribution in [1.29, 1.82) is 0 Å². The SMILES string of the molecule is CCOC(CN)Cc1nc(C2CCCCC2)n[nH]1. The molecule has 0 radical (unpaired) electrons. The van der Waals surface area contributed by atoms with Gasteiger partial charge in [-0.1, -0.05) is 19.3 Å². The van der Waals surface area contributed by atoms with Crippen LogP contribution in [0.15, 0.2) is 0 Å². The van der Waals surface area contributed by atoms with Gasteiger partial charge in [-0.05, 0) is 19.8 Å². The van der Waals surface area contributed by atoms with Gasteiger partial charge in [-0.25, -0.2) is 4.98 Å². The van der Waals surface area contributed by atoms with Gasteiger partial charge in [-0.2, -0.15) is 5.10 Å². The van der Waals surface area contributed by atoms with Crippen molar-refractivity contribution in [3.8, 4) is 0 Å². The fraction of sp³-hybridized carbons (Fsp3) is 0.846. The molecule has 102 valence electrons. The summed E-state index contributed by atoms with van der Waals surface area (Å²) < 4.78 is 5.54. The summed E-state index contributed by atoms with van der Waals surface area (Å²) in [6, 6.07) is 0. The Morgan fingerprint density at radius 3 is 2.83 bits per heavy atom. The Hall–Kier alpha value is -0.940. The van der Waals surface area contributed by atoms with Crippen LogP contribution >= 0.6 is 0 Å². The van der Waals surface area contributed by atoms with E-state index in [1.165, 1.54) is 32.1 Å². The van der Waals surface area contributed by atoms with E-state index in [4.69, 9.17) is 10.5 Å². The molecule has 18 heavy (non-hydrogen) atoms. The number of ether oxygens (including phenoxy) is 1. The molecule has 0 amide bonds. The van der Waals surface area contributed by atoms with Crippen LogP contribution in [-0.4, -0.2) is 34.4 Å². The van der Waals surface area contributed by atoms with Crippen molar-refractivity contribution in [2.75, 3.05) is 13.2 Å². The molecule has 5 nitrogen and oxygen atoms in total. The summed E-state index contributed by atoms with van der Waals surface area (Å²) in [7, 11) is 0. The van der Waals surface area contributed by atoms with Crippen LogP contribution in [0.4, 0.5) is 0 Å². The lowest BCUT2D eigenvalue weighted by Gasteiger charge is -2.18. The molecule has 0 aliphatic heterocycles. The van der Waals surface area contributed by atoms with Crippen LogP contribution < -0.4 is 5.73 Å². The summed E-state index contributed by atoms with van der Waals surface area (Å²) in [5, 5.41) is 7.38. The van der Waals surface area contributed by atoms with Crippen LogP contribution in [0, 0.1) is 0 Å². The van der Waals surface area contributed by atoms with Crippen LogP contribution in [0.3, 0.4) is 0 Å². The molecule has 0 saturated heterocycles. The molecule has 1 atom stereocenters. The molecule has 1 heterocycles. The molecule has 1 aromatic heterocycles. The highest BCUT2D eigenvalue weighted by Crippen LogP contribution is 2.30. The van der Waals surface area contributed by atoms with Crippen molar-refractivity contribution in [3.63, 3.8) is 0 Å². The third-order valence-corrected chi connectivity index (χ3v) is 3.61. The first-order chi connectivity index (χ1) is 8.83. The van der Waals surface area contributed by atoms with E-state index in [0.717, 1.165) is 18.1 Å². The van der Waals surface area contributed by atoms with Gasteiger partial charge in [-0.15, -0.1) is 0 Å². The number of hydrogen-bond acceptors (Lipinski definition) is 4. The predicted molar refractivity (Wildman–Crippen MR) is 70.4 cm³/mol. The first-order valence-corrected chi connectivity index (χ1v) is 7.06. The molecule has 1 unspecified atom stereocenters. The number of nitrogens with zero attached hydrogens (tertiary/aromatic N) is 2. The summed E-state index contributed by atoms with van der Waals surface area (Å²) in [5.41, 5.74) is 5.67. The van der Waals surface area contributed by atoms with E-state index in [1.54, 1.807) is 0 Å². The number of rotatable bonds is 6. The van der Waals surface area contributed by atoms with Crippen molar-refractivity contribution in [3.05, 3.63) is 11.6 Å². The molecule has 0 aromatic carbocycles. The molecule has 2 rings (SSSR count). The standard InChI is InChI=1S/C13H24N4O/c1-2-18-11(9-14)8-12-15-13(17-16-12)10-6-4-3-5-7-10/h10-11H,2-9,14H2,1H3,(H,15,16,17). The zero-order valence-electron chi connectivity index (χ0n) is 11.2. The summed E-state index contributed by atoms with van der Waals surface area (Å²) in [6.07, 6.45) is 7.18. The number of nitrogens with one attached hydrogen (secondary N) is 1. The normalized spacial score (nSPS) is 19.0. The lowest BCUT2D eigenvalue weighted by molar-refractivity contribution is 0.0681. The average Bonchev–Trinajstić information content (AvgIpc) is 2.88. The van der Waals surface area contributed by atoms with E-state index in [-0.39, 0.29) is 6.10 Å². The first kappa shape index (κ1) is 13.5. The summed E-state index contributed by atoms with van der Waals surface area (Å²) in [4.78, 5) is 4.60. The van der Waals surface area contributed by atoms with Crippen LogP contribution in [-0.2, 0) is 11.2 Å². The Balaban J connectivity index is 1.92. The molecule has 1 fully saturated rings. The Bertz CT molecular complexity index is 347. The highest BCUT2D eigenvalue weighted by Gasteiger charge is 2.20. The lowest BCUT2D eigenvalue weighted by atomic mass is 9.89. The number of hydrogen-bond donors (Lipinski definition) is 2. The molecular weight excluding hydrogens is 228 g/mol. The van der Waals surface area contributed by atoms with E-state index in [2.05, 4.69) is 15.2 Å². The van der Waals surface area contributed by atoms with Crippen molar-refractivity contribution >= 4 is 0 Å². The van der Waals surface area contributed by atoms with Gasteiger partial charge in [0.05, 0.1) is 6.10 Å². The van der Waals surface area contributed by atoms with Gasteiger partial charge in [-0.3, -0.25) is 5.10 Å². The number of H-pyrrole nitrogens is 1. The van der Waals surface area contributed by atoms with Gasteiger partial charge in [0.2, 0.25) is 0 Å². The van der Waals surface area contributed by atoms with Gasteiger partial charge in [0.25, 0.3) is 0 Å². The third kappa shape index (κ3) is 3.53. The third-order valence-electron chi connectivity index (χ3n) is 3.61. The first-order valence-electron chi connectivity index (χ1n) is 7.06. The van der Waals surface area contributed by atoms with Crippen LogP contribution in [0.1, 0.15) is 56.6 Å². The largest absolute Gasteiger partial charge is 0.377 e. The van der Waals surface area contributed by atoms with Crippen LogP contribution in [0.2, 0.25) is 0 Å². The maximum Gasteiger partial charge on any atom is 0.153 e. The number of aromatic amines is 1. The van der Waals surface area contributed by atoms with Gasteiger partial charge >= 0.3 is 0 Å². The van der Waals surface area contributed by atoms with Gasteiger partial charge in [0.15, 0.2) is 5.82 Å². The topological polar surface area (TPSA) is 76.8 Å². The second kappa shape index (κ2) is 6.85. The number of nitrogens with two attached hydrogens (primary N) is 1. The monoisotopic (exact) mass is 252 g/mol. The van der Waals surface area contributed by atoms with E-state index >= 15 is 0 Å². The molecule has 1 aliphatic carbocycles. The molecule has 1 aliphatic rings. The van der Waals surface area contributed by atoms with Crippen molar-refractivity contribution < 1.29 is 4.74 Å². The molecule has 5 heteroatoms. The summed E-state index contributed by atoms with van der Waals surface area (Å²) >= 11 is 0. The van der Waals surface area contributed by atoms with Crippen molar-refractivity contribution in [1.82, 2.24) is 15.2 Å². The molecule has 3 N–H and O–H groups in total. The minimum absolute atomic E-state index is 0.0437. The quantitative estimate of drug-likeness (QED) is 0.808. The second-order valence-corrected chi connectivity index (χ2v) is 4.99. The zero-order chi connectivity index (χ0) is 12.8. The molecule has 1 saturated carbocycles. The van der Waals surface area contributed by atoms with E-state index in [1.807, 2.05) is 6.92 Å². The summed E-state index contributed by atoms with van der Waals surface area (Å²) in [6.45, 7) is 3.19. The zero-order valence-corrected chi connectivity index (χ0v) is 11.2. The minimum atomic E-state index is 0.0437. The number of aromatic nitrogens is 3. The van der Waals surface area contributed by atoms with E-state index in [9.17, 15) is 0 Å². The van der Waals surface area contributed by atoms with Gasteiger partial charge < -0.3 is 10.5 Å². The summed E-state index contributed by atoms with van der Waals surface area (Å²) in [5.74, 6) is 2.43. The fourth-order valence-electron chi connectivity index (χ4n) is 2.61. The lowest BCUT2D eigenvalue weighted by Crippen LogP contribution is -2.26. The van der Waals surface area contributed by atoms with Crippen molar-refractivity contribution in [2.24, 2.45) is 5.73 Å². The maximum atomic E-state index is 5.67. The van der Waals surface area contributed by atoms with E-state index in [0.29, 0.717) is 19.1 Å². The Morgan fingerprint density at radius 1 is 1.39 bits per heavy atom. The molecule has 1 aromatic rings. The highest BCUT2D eigenvalue weighted by atomic mass is 16.5. The Kier molecular flexibility index (Phi) is 5.13. The van der Waals surface area contributed by atoms with Crippen LogP contribution in [0.5, 0.6) is 0 Å². The van der Waals surface area contributed by atoms with E-state index < -0.39 is 0 Å². The predicted octanol–water partition coefficient (Wildman–Crippen LogP) is 1.76. The molecule has 0 bridgehead atoms. The smallest absolute Gasteiger partial charge is 0.153 e. The maximum absolute atomic E-state index is 5.67. The van der Waals surface area contributed by atoms with Gasteiger partial charge in [0, 0.05) is 25.5 Å². The second-order valence-electron chi connectivity index (χ2n) is 4.99. The average molecular weight is 252 g/mol. The van der Waals surface area contributed by atoms with Crippen molar-refractivity contribution in [2.45, 2.75) is 57.5 Å². The molecular formula is C13H24N4O. The minimum Gasteiger partial charge on any atom is -0.377 e.